The SMILES string of the molecule is CC/C=C\C/C=C\C/C=C\C/C=C\C/C=C\C/C=C\CCCCCCCCCCCCCCCCCCCCC(=O)OC(COC(=O)CCCCCCCCCCCCCCCCCCCCCCC/C=C\CCCCCCCCCC)COC(OCC[N+](C)(C)C)C(=O)O. The van der Waals surface area contributed by atoms with Gasteiger partial charge in [-0.05, 0) is 89.9 Å². The van der Waals surface area contributed by atoms with Crippen LogP contribution in [0.1, 0.15) is 386 Å². The number of carbonyl (C=O) groups excluding carboxylic acids is 2. The summed E-state index contributed by atoms with van der Waals surface area (Å²) >= 11 is 0. The van der Waals surface area contributed by atoms with E-state index in [9.17, 15) is 19.5 Å². The van der Waals surface area contributed by atoms with Crippen molar-refractivity contribution in [1.82, 2.24) is 0 Å². The van der Waals surface area contributed by atoms with Crippen LogP contribution in [0.25, 0.3) is 0 Å². The minimum Gasteiger partial charge on any atom is -0.477 e. The van der Waals surface area contributed by atoms with E-state index in [4.69, 9.17) is 18.9 Å². The standard InChI is InChI=1S/C86H155NO8/c1-6-8-10-12-14-16-18-20-22-24-26-28-30-32-34-36-38-40-41-42-43-45-47-49-51-53-55-57-59-61-63-65-67-69-71-73-75-77-84(89)95-82(81-94-86(85(90)91)92-79-78-87(3,4)5)80-93-83(88)76-74-72-70-68-66-64-62-60-58-56-54-52-50-48-46-44-39-37-35-33-31-29-27-25-23-21-19-17-15-13-11-9-7-2/h8,10,14,16,20,22,25-28,32,34,38,40,82,86H,6-7,9,11-13,15,17-19,21,23-24,29-31,33,35-37,39,41-81H2,1-5H3/p+1/b10-8-,16-14-,22-20-,27-25-,28-26-,34-32-,40-38-. The summed E-state index contributed by atoms with van der Waals surface area (Å²) < 4.78 is 23.1. The quantitative estimate of drug-likeness (QED) is 0.0211. The first-order valence-electron chi connectivity index (χ1n) is 40.8. The molecule has 0 bridgehead atoms. The summed E-state index contributed by atoms with van der Waals surface area (Å²) in [7, 11) is 5.99. The third kappa shape index (κ3) is 77.7. The zero-order valence-electron chi connectivity index (χ0n) is 63.3. The second kappa shape index (κ2) is 76.2. The highest BCUT2D eigenvalue weighted by molar-refractivity contribution is 5.71. The lowest BCUT2D eigenvalue weighted by molar-refractivity contribution is -0.870. The zero-order chi connectivity index (χ0) is 69.0. The summed E-state index contributed by atoms with van der Waals surface area (Å²) in [6, 6.07) is 0. The molecule has 0 fully saturated rings. The van der Waals surface area contributed by atoms with Gasteiger partial charge in [-0.15, -0.1) is 0 Å². The number of carbonyl (C=O) groups is 3. The fourth-order valence-corrected chi connectivity index (χ4v) is 12.0. The van der Waals surface area contributed by atoms with E-state index in [0.717, 1.165) is 77.0 Å². The van der Waals surface area contributed by atoms with Crippen LogP contribution in [0.2, 0.25) is 0 Å². The summed E-state index contributed by atoms with van der Waals surface area (Å²) in [5.74, 6) is -1.98. The number of carboxylic acids is 1. The number of quaternary nitrogens is 1. The number of allylic oxidation sites excluding steroid dienone is 14. The molecule has 2 unspecified atom stereocenters. The van der Waals surface area contributed by atoms with Crippen molar-refractivity contribution >= 4 is 17.9 Å². The van der Waals surface area contributed by atoms with Crippen molar-refractivity contribution < 1.29 is 42.9 Å². The van der Waals surface area contributed by atoms with Crippen molar-refractivity contribution in [3.05, 3.63) is 85.1 Å². The highest BCUT2D eigenvalue weighted by Gasteiger charge is 2.25. The molecule has 0 saturated heterocycles. The predicted molar refractivity (Wildman–Crippen MR) is 410 cm³/mol. The van der Waals surface area contributed by atoms with E-state index in [2.05, 4.69) is 98.9 Å². The van der Waals surface area contributed by atoms with Gasteiger partial charge in [-0.2, -0.15) is 0 Å². The fourth-order valence-electron chi connectivity index (χ4n) is 12.0. The highest BCUT2D eigenvalue weighted by Crippen LogP contribution is 2.19. The number of unbranched alkanes of at least 4 members (excludes halogenated alkanes) is 47. The number of ether oxygens (including phenoxy) is 4. The van der Waals surface area contributed by atoms with Crippen LogP contribution < -0.4 is 0 Å². The Morgan fingerprint density at radius 2 is 0.600 bits per heavy atom. The second-order valence-electron chi connectivity index (χ2n) is 28.7. The van der Waals surface area contributed by atoms with Gasteiger partial charge in [-0.3, -0.25) is 9.59 Å². The molecule has 0 amide bonds. The Hall–Kier alpha value is -3.53. The van der Waals surface area contributed by atoms with Crippen molar-refractivity contribution in [3.8, 4) is 0 Å². The number of carboxylic acid groups (broad SMARTS) is 1. The summed E-state index contributed by atoms with van der Waals surface area (Å²) in [6.45, 7) is 4.82. The Bertz CT molecular complexity index is 1840. The Balaban J connectivity index is 3.99. The molecular weight excluding hydrogens is 1170 g/mol. The van der Waals surface area contributed by atoms with E-state index in [1.165, 1.54) is 283 Å². The van der Waals surface area contributed by atoms with E-state index in [-0.39, 0.29) is 38.2 Å². The van der Waals surface area contributed by atoms with Crippen LogP contribution in [0.15, 0.2) is 85.1 Å². The number of aliphatic carboxylic acids is 1. The van der Waals surface area contributed by atoms with E-state index in [1.54, 1.807) is 0 Å². The molecule has 9 heteroatoms. The first-order chi connectivity index (χ1) is 46.6. The van der Waals surface area contributed by atoms with Gasteiger partial charge < -0.3 is 28.5 Å². The van der Waals surface area contributed by atoms with Crippen LogP contribution in [0.5, 0.6) is 0 Å². The Kier molecular flexibility index (Phi) is 73.4. The molecule has 0 aliphatic rings. The molecule has 0 spiro atoms. The maximum atomic E-state index is 13.0. The third-order valence-electron chi connectivity index (χ3n) is 18.1. The van der Waals surface area contributed by atoms with Crippen LogP contribution >= 0.6 is 0 Å². The number of likely N-dealkylation sites (N-methyl/N-ethyl adjacent to an activating group) is 1. The Labute approximate surface area is 589 Å². The molecule has 1 N–H and O–H groups in total. The second-order valence-corrected chi connectivity index (χ2v) is 28.7. The van der Waals surface area contributed by atoms with Crippen molar-refractivity contribution in [2.24, 2.45) is 0 Å². The molecule has 0 aromatic rings. The third-order valence-corrected chi connectivity index (χ3v) is 18.1. The summed E-state index contributed by atoms with van der Waals surface area (Å²) in [6.07, 6.45) is 102. The topological polar surface area (TPSA) is 108 Å². The molecule has 0 saturated carbocycles. The van der Waals surface area contributed by atoms with Gasteiger partial charge in [0.05, 0.1) is 34.4 Å². The average Bonchev–Trinajstić information content (AvgIpc) is 3.75. The Morgan fingerprint density at radius 3 is 0.905 bits per heavy atom. The maximum Gasteiger partial charge on any atom is 0.361 e. The number of hydrogen-bond acceptors (Lipinski definition) is 7. The molecule has 95 heavy (non-hydrogen) atoms. The minimum absolute atomic E-state index is 0.179. The Morgan fingerprint density at radius 1 is 0.326 bits per heavy atom. The molecular formula is C86H156NO8+. The van der Waals surface area contributed by atoms with Crippen LogP contribution in [-0.2, 0) is 33.3 Å². The smallest absolute Gasteiger partial charge is 0.361 e. The van der Waals surface area contributed by atoms with Crippen molar-refractivity contribution in [1.29, 1.82) is 0 Å². The summed E-state index contributed by atoms with van der Waals surface area (Å²) in [5.41, 5.74) is 0. The van der Waals surface area contributed by atoms with E-state index >= 15 is 0 Å². The number of rotatable bonds is 76. The summed E-state index contributed by atoms with van der Waals surface area (Å²) in [5, 5.41) is 9.78. The normalized spacial score (nSPS) is 13.1. The zero-order valence-corrected chi connectivity index (χ0v) is 63.3. The fraction of sp³-hybridized carbons (Fsp3) is 0.802. The first kappa shape index (κ1) is 91.5. The van der Waals surface area contributed by atoms with Gasteiger partial charge in [0.2, 0.25) is 0 Å². The summed E-state index contributed by atoms with van der Waals surface area (Å²) in [4.78, 5) is 37.8. The maximum absolute atomic E-state index is 13.0. The van der Waals surface area contributed by atoms with Gasteiger partial charge in [0.1, 0.15) is 13.2 Å². The van der Waals surface area contributed by atoms with Gasteiger partial charge >= 0.3 is 17.9 Å². The van der Waals surface area contributed by atoms with Crippen molar-refractivity contribution in [3.63, 3.8) is 0 Å². The average molecular weight is 1330 g/mol. The molecule has 0 rings (SSSR count). The monoisotopic (exact) mass is 1330 g/mol. The van der Waals surface area contributed by atoms with Crippen LogP contribution in [0.4, 0.5) is 0 Å². The molecule has 552 valence electrons. The van der Waals surface area contributed by atoms with Crippen molar-refractivity contribution in [2.45, 2.75) is 399 Å². The van der Waals surface area contributed by atoms with Crippen molar-refractivity contribution in [2.75, 3.05) is 47.5 Å². The lowest BCUT2D eigenvalue weighted by atomic mass is 10.0. The van der Waals surface area contributed by atoms with Crippen LogP contribution in [0, 0.1) is 0 Å². The molecule has 0 aromatic carbocycles. The number of esters is 2. The lowest BCUT2D eigenvalue weighted by Crippen LogP contribution is -2.40. The van der Waals surface area contributed by atoms with E-state index in [0.29, 0.717) is 17.4 Å². The van der Waals surface area contributed by atoms with Gasteiger partial charge in [-0.1, -0.05) is 369 Å². The number of hydrogen-bond donors (Lipinski definition) is 1. The van der Waals surface area contributed by atoms with Gasteiger partial charge in [0.15, 0.2) is 6.10 Å². The minimum atomic E-state index is -1.51. The predicted octanol–water partition coefficient (Wildman–Crippen LogP) is 26.2. The molecule has 0 aliphatic heterocycles. The molecule has 0 aromatic heterocycles. The molecule has 0 radical (unpaired) electrons. The van der Waals surface area contributed by atoms with E-state index < -0.39 is 18.4 Å². The van der Waals surface area contributed by atoms with Gasteiger partial charge in [0.25, 0.3) is 6.29 Å². The van der Waals surface area contributed by atoms with Crippen LogP contribution in [0.3, 0.4) is 0 Å². The van der Waals surface area contributed by atoms with Gasteiger partial charge in [-0.25, -0.2) is 4.79 Å². The molecule has 9 nitrogen and oxygen atoms in total. The molecule has 0 heterocycles. The number of nitrogens with zero attached hydrogens (tertiary/aromatic N) is 1. The lowest BCUT2D eigenvalue weighted by Gasteiger charge is -2.25. The highest BCUT2D eigenvalue weighted by atomic mass is 16.7. The van der Waals surface area contributed by atoms with Gasteiger partial charge in [0, 0.05) is 12.8 Å². The first-order valence-corrected chi connectivity index (χ1v) is 40.8. The van der Waals surface area contributed by atoms with Crippen LogP contribution in [-0.4, -0.2) is 87.4 Å². The molecule has 2 atom stereocenters. The van der Waals surface area contributed by atoms with E-state index in [1.807, 2.05) is 21.1 Å². The largest absolute Gasteiger partial charge is 0.477 e. The molecule has 0 aliphatic carbocycles.